The SMILES string of the molecule is NOC(=O)[C@H](C(=O)OCc1ccccc1)C(N)(c1ccccc1)c1ccccc1. The largest absolute Gasteiger partial charge is 0.460 e. The van der Waals surface area contributed by atoms with Crippen LogP contribution >= 0.6 is 0 Å². The minimum atomic E-state index is -1.53. The van der Waals surface area contributed by atoms with Crippen molar-refractivity contribution in [1.82, 2.24) is 0 Å². The molecule has 0 heterocycles. The van der Waals surface area contributed by atoms with Crippen LogP contribution in [0, 0.1) is 5.92 Å². The number of ether oxygens (including phenoxy) is 1. The van der Waals surface area contributed by atoms with Crippen LogP contribution in [0.1, 0.15) is 16.7 Å². The summed E-state index contributed by atoms with van der Waals surface area (Å²) in [6.45, 7) is -0.00627. The van der Waals surface area contributed by atoms with Gasteiger partial charge in [0, 0.05) is 0 Å². The lowest BCUT2D eigenvalue weighted by Gasteiger charge is -2.35. The lowest BCUT2D eigenvalue weighted by Crippen LogP contribution is -2.53. The van der Waals surface area contributed by atoms with E-state index in [1.54, 1.807) is 48.5 Å². The van der Waals surface area contributed by atoms with Crippen LogP contribution in [0.15, 0.2) is 91.0 Å². The molecule has 148 valence electrons. The number of rotatable bonds is 7. The van der Waals surface area contributed by atoms with Gasteiger partial charge in [-0.2, -0.15) is 5.90 Å². The van der Waals surface area contributed by atoms with Crippen molar-refractivity contribution < 1.29 is 19.2 Å². The monoisotopic (exact) mass is 390 g/mol. The fraction of sp³-hybridized carbons (Fsp3) is 0.130. The molecule has 0 spiro atoms. The van der Waals surface area contributed by atoms with Gasteiger partial charge in [0.25, 0.3) is 0 Å². The van der Waals surface area contributed by atoms with Gasteiger partial charge in [0.05, 0.1) is 5.54 Å². The zero-order valence-electron chi connectivity index (χ0n) is 15.7. The molecule has 4 N–H and O–H groups in total. The van der Waals surface area contributed by atoms with Gasteiger partial charge in [0.2, 0.25) is 0 Å². The molecule has 0 saturated heterocycles. The Morgan fingerprint density at radius 1 is 0.759 bits per heavy atom. The second-order valence-electron chi connectivity index (χ2n) is 6.56. The van der Waals surface area contributed by atoms with Gasteiger partial charge in [0.1, 0.15) is 6.61 Å². The Hall–Kier alpha value is -3.48. The van der Waals surface area contributed by atoms with E-state index in [2.05, 4.69) is 4.84 Å². The highest BCUT2D eigenvalue weighted by atomic mass is 16.7. The van der Waals surface area contributed by atoms with Crippen LogP contribution in [0.25, 0.3) is 0 Å². The highest BCUT2D eigenvalue weighted by molar-refractivity contribution is 5.97. The predicted molar refractivity (Wildman–Crippen MR) is 108 cm³/mol. The Labute approximate surface area is 169 Å². The number of carbonyl (C=O) groups is 2. The second kappa shape index (κ2) is 9.14. The maximum atomic E-state index is 13.1. The molecule has 6 heteroatoms. The normalized spacial score (nSPS) is 12.1. The van der Waals surface area contributed by atoms with Gasteiger partial charge >= 0.3 is 11.9 Å². The summed E-state index contributed by atoms with van der Waals surface area (Å²) in [5.74, 6) is 1.87. The van der Waals surface area contributed by atoms with E-state index in [0.29, 0.717) is 11.1 Å². The minimum absolute atomic E-state index is 0.00627. The van der Waals surface area contributed by atoms with Gasteiger partial charge in [-0.1, -0.05) is 91.0 Å². The number of esters is 1. The summed E-state index contributed by atoms with van der Waals surface area (Å²) in [4.78, 5) is 30.1. The highest BCUT2D eigenvalue weighted by Gasteiger charge is 2.49. The summed E-state index contributed by atoms with van der Waals surface area (Å²) in [5, 5.41) is 0. The summed E-state index contributed by atoms with van der Waals surface area (Å²) in [7, 11) is 0. The fourth-order valence-corrected chi connectivity index (χ4v) is 3.28. The van der Waals surface area contributed by atoms with Crippen molar-refractivity contribution in [1.29, 1.82) is 0 Å². The first kappa shape index (κ1) is 20.3. The lowest BCUT2D eigenvalue weighted by molar-refractivity contribution is -0.166. The van der Waals surface area contributed by atoms with Crippen LogP contribution in [-0.2, 0) is 31.3 Å². The third kappa shape index (κ3) is 4.34. The predicted octanol–water partition coefficient (Wildman–Crippen LogP) is 2.67. The van der Waals surface area contributed by atoms with Crippen molar-refractivity contribution >= 4 is 11.9 Å². The molecule has 0 bridgehead atoms. The Morgan fingerprint density at radius 3 is 1.66 bits per heavy atom. The molecule has 3 aromatic rings. The van der Waals surface area contributed by atoms with E-state index in [0.717, 1.165) is 5.56 Å². The zero-order chi connectivity index (χ0) is 20.7. The average Bonchev–Trinajstić information content (AvgIpc) is 2.79. The van der Waals surface area contributed by atoms with Crippen molar-refractivity contribution in [2.45, 2.75) is 12.1 Å². The summed E-state index contributed by atoms with van der Waals surface area (Å²) in [6, 6.07) is 26.9. The van der Waals surface area contributed by atoms with Crippen LogP contribution in [0.5, 0.6) is 0 Å². The highest BCUT2D eigenvalue weighted by Crippen LogP contribution is 2.36. The molecule has 0 saturated carbocycles. The Kier molecular flexibility index (Phi) is 6.39. The molecular weight excluding hydrogens is 368 g/mol. The van der Waals surface area contributed by atoms with Crippen LogP contribution in [0.4, 0.5) is 0 Å². The van der Waals surface area contributed by atoms with E-state index in [1.165, 1.54) is 0 Å². The summed E-state index contributed by atoms with van der Waals surface area (Å²) in [5.41, 5.74) is 7.13. The second-order valence-corrected chi connectivity index (χ2v) is 6.56. The molecule has 29 heavy (non-hydrogen) atoms. The van der Waals surface area contributed by atoms with Crippen LogP contribution in [0.3, 0.4) is 0 Å². The number of hydrogen-bond donors (Lipinski definition) is 2. The quantitative estimate of drug-likeness (QED) is 0.365. The summed E-state index contributed by atoms with van der Waals surface area (Å²) < 4.78 is 5.43. The first-order chi connectivity index (χ1) is 14.1. The smallest absolute Gasteiger partial charge is 0.341 e. The van der Waals surface area contributed by atoms with Crippen molar-refractivity contribution in [2.24, 2.45) is 17.5 Å². The van der Waals surface area contributed by atoms with E-state index < -0.39 is 23.4 Å². The van der Waals surface area contributed by atoms with Gasteiger partial charge < -0.3 is 15.3 Å². The lowest BCUT2D eigenvalue weighted by atomic mass is 9.73. The zero-order valence-corrected chi connectivity index (χ0v) is 15.7. The van der Waals surface area contributed by atoms with Crippen LogP contribution in [0.2, 0.25) is 0 Å². The minimum Gasteiger partial charge on any atom is -0.460 e. The molecule has 1 atom stereocenters. The summed E-state index contributed by atoms with van der Waals surface area (Å²) in [6.07, 6.45) is 0. The van der Waals surface area contributed by atoms with Crippen molar-refractivity contribution in [3.05, 3.63) is 108 Å². The molecule has 0 aliphatic rings. The van der Waals surface area contributed by atoms with E-state index in [1.807, 2.05) is 42.5 Å². The Morgan fingerprint density at radius 2 is 1.21 bits per heavy atom. The Bertz CT molecular complexity index is 907. The number of carbonyl (C=O) groups excluding carboxylic acids is 2. The van der Waals surface area contributed by atoms with E-state index in [4.69, 9.17) is 16.4 Å². The first-order valence-electron chi connectivity index (χ1n) is 9.08. The molecule has 0 aliphatic heterocycles. The van der Waals surface area contributed by atoms with E-state index >= 15 is 0 Å². The fourth-order valence-electron chi connectivity index (χ4n) is 3.28. The van der Waals surface area contributed by atoms with E-state index in [-0.39, 0.29) is 6.61 Å². The molecule has 0 aliphatic carbocycles. The number of nitrogens with two attached hydrogens (primary N) is 2. The maximum absolute atomic E-state index is 13.1. The van der Waals surface area contributed by atoms with Crippen molar-refractivity contribution in [3.63, 3.8) is 0 Å². The molecule has 0 fully saturated rings. The van der Waals surface area contributed by atoms with Gasteiger partial charge in [-0.05, 0) is 16.7 Å². The molecule has 0 radical (unpaired) electrons. The van der Waals surface area contributed by atoms with Crippen molar-refractivity contribution in [3.8, 4) is 0 Å². The average molecular weight is 390 g/mol. The standard InChI is InChI=1S/C23H22N2O4/c24-23(18-12-6-2-7-13-18,19-14-8-3-9-15-19)20(22(27)29-25)21(26)28-16-17-10-4-1-5-11-17/h1-15,20H,16,24-25H2/t20-/m0/s1. The van der Waals surface area contributed by atoms with Gasteiger partial charge in [-0.25, -0.2) is 4.79 Å². The molecule has 3 rings (SSSR count). The maximum Gasteiger partial charge on any atom is 0.341 e. The third-order valence-electron chi connectivity index (χ3n) is 4.77. The third-order valence-corrected chi connectivity index (χ3v) is 4.77. The topological polar surface area (TPSA) is 105 Å². The molecule has 0 aromatic heterocycles. The molecule has 0 unspecified atom stereocenters. The molecule has 6 nitrogen and oxygen atoms in total. The van der Waals surface area contributed by atoms with Gasteiger partial charge in [0.15, 0.2) is 5.92 Å². The van der Waals surface area contributed by atoms with Crippen LogP contribution < -0.4 is 11.6 Å². The van der Waals surface area contributed by atoms with E-state index in [9.17, 15) is 9.59 Å². The van der Waals surface area contributed by atoms with Gasteiger partial charge in [-0.3, -0.25) is 4.79 Å². The first-order valence-corrected chi connectivity index (χ1v) is 9.08. The summed E-state index contributed by atoms with van der Waals surface area (Å²) >= 11 is 0. The Balaban J connectivity index is 2.03. The number of benzene rings is 3. The van der Waals surface area contributed by atoms with Crippen LogP contribution in [-0.4, -0.2) is 11.9 Å². The molecule has 3 aromatic carbocycles. The number of hydrogen-bond acceptors (Lipinski definition) is 6. The van der Waals surface area contributed by atoms with Crippen molar-refractivity contribution in [2.75, 3.05) is 0 Å². The molecule has 0 amide bonds. The van der Waals surface area contributed by atoms with Gasteiger partial charge in [-0.15, -0.1) is 0 Å². The molecular formula is C23H22N2O4.